The molecule has 1 amide bonds. The first-order valence-corrected chi connectivity index (χ1v) is 9.27. The van der Waals surface area contributed by atoms with Gasteiger partial charge in [0, 0.05) is 29.0 Å². The van der Waals surface area contributed by atoms with Gasteiger partial charge < -0.3 is 9.47 Å². The predicted octanol–water partition coefficient (Wildman–Crippen LogP) is 3.88. The number of nitrogens with zero attached hydrogens (tertiary/aromatic N) is 2. The molecule has 132 valence electrons. The molecule has 2 heterocycles. The third-order valence-electron chi connectivity index (χ3n) is 4.09. The van der Waals surface area contributed by atoms with E-state index in [0.717, 1.165) is 17.7 Å². The predicted molar refractivity (Wildman–Crippen MR) is 99.9 cm³/mol. The van der Waals surface area contributed by atoms with Crippen molar-refractivity contribution in [1.82, 2.24) is 5.01 Å². The molecule has 0 saturated carbocycles. The number of hydrogen-bond acceptors (Lipinski definition) is 5. The Morgan fingerprint density at radius 1 is 1.32 bits per heavy atom. The molecular weight excluding hydrogens is 360 g/mol. The molecular formula is C18H19ClN2O3S. The maximum Gasteiger partial charge on any atom is 0.258 e. The molecule has 0 unspecified atom stereocenters. The highest BCUT2D eigenvalue weighted by atomic mass is 35.5. The smallest absolute Gasteiger partial charge is 0.258 e. The normalized spacial score (nSPS) is 16.7. The molecule has 0 N–H and O–H groups in total. The summed E-state index contributed by atoms with van der Waals surface area (Å²) < 4.78 is 10.9. The molecule has 2 aromatic rings. The van der Waals surface area contributed by atoms with Crippen molar-refractivity contribution < 1.29 is 14.3 Å². The molecule has 0 aliphatic carbocycles. The Bertz CT molecular complexity index is 777. The molecule has 1 atom stereocenters. The summed E-state index contributed by atoms with van der Waals surface area (Å²) in [6.07, 6.45) is 1.37. The van der Waals surface area contributed by atoms with Gasteiger partial charge in [0.25, 0.3) is 5.91 Å². The van der Waals surface area contributed by atoms with Crippen LogP contribution >= 0.6 is 22.9 Å². The number of alkyl halides is 1. The topological polar surface area (TPSA) is 51.1 Å². The molecule has 0 saturated heterocycles. The number of carbonyl (C=O) groups is 1. The number of hydrazone groups is 1. The summed E-state index contributed by atoms with van der Waals surface area (Å²) in [5, 5.41) is 8.06. The summed E-state index contributed by atoms with van der Waals surface area (Å²) in [6, 6.07) is 9.49. The van der Waals surface area contributed by atoms with E-state index in [2.05, 4.69) is 11.2 Å². The van der Waals surface area contributed by atoms with Gasteiger partial charge in [0.1, 0.15) is 5.88 Å². The van der Waals surface area contributed by atoms with Crippen molar-refractivity contribution in [3.8, 4) is 11.5 Å². The Hall–Kier alpha value is -2.05. The van der Waals surface area contributed by atoms with E-state index in [1.54, 1.807) is 25.6 Å². The number of carbonyl (C=O) groups excluding carboxylic acids is 1. The van der Waals surface area contributed by atoms with Crippen LogP contribution in [0.4, 0.5) is 0 Å². The van der Waals surface area contributed by atoms with Gasteiger partial charge in [-0.3, -0.25) is 4.79 Å². The summed E-state index contributed by atoms with van der Waals surface area (Å²) in [4.78, 5) is 13.5. The van der Waals surface area contributed by atoms with Crippen LogP contribution < -0.4 is 9.47 Å². The Morgan fingerprint density at radius 3 is 2.80 bits per heavy atom. The molecule has 1 aromatic carbocycles. The summed E-state index contributed by atoms with van der Waals surface area (Å²) in [7, 11) is 3.19. The highest BCUT2D eigenvalue weighted by Crippen LogP contribution is 2.41. The van der Waals surface area contributed by atoms with Crippen LogP contribution in [0.25, 0.3) is 0 Å². The Balaban J connectivity index is 1.94. The average molecular weight is 379 g/mol. The lowest BCUT2D eigenvalue weighted by atomic mass is 9.99. The largest absolute Gasteiger partial charge is 0.493 e. The fourth-order valence-electron chi connectivity index (χ4n) is 3.00. The second kappa shape index (κ2) is 7.89. The van der Waals surface area contributed by atoms with Crippen molar-refractivity contribution >= 4 is 34.6 Å². The number of thiophene rings is 1. The minimum Gasteiger partial charge on any atom is -0.493 e. The van der Waals surface area contributed by atoms with E-state index in [0.29, 0.717) is 17.9 Å². The highest BCUT2D eigenvalue weighted by molar-refractivity contribution is 7.10. The van der Waals surface area contributed by atoms with Crippen LogP contribution in [-0.2, 0) is 11.2 Å². The van der Waals surface area contributed by atoms with Crippen molar-refractivity contribution in [1.29, 1.82) is 0 Å². The lowest BCUT2D eigenvalue weighted by molar-refractivity contribution is -0.130. The van der Waals surface area contributed by atoms with Crippen LogP contribution in [-0.4, -0.2) is 36.7 Å². The monoisotopic (exact) mass is 378 g/mol. The van der Waals surface area contributed by atoms with Crippen LogP contribution in [0.5, 0.6) is 11.5 Å². The quantitative estimate of drug-likeness (QED) is 0.717. The molecule has 1 aromatic heterocycles. The molecule has 0 spiro atoms. The van der Waals surface area contributed by atoms with E-state index in [-0.39, 0.29) is 17.8 Å². The second-order valence-electron chi connectivity index (χ2n) is 5.60. The summed E-state index contributed by atoms with van der Waals surface area (Å²) >= 11 is 7.47. The third kappa shape index (κ3) is 3.65. The van der Waals surface area contributed by atoms with E-state index in [4.69, 9.17) is 21.1 Å². The number of benzene rings is 1. The van der Waals surface area contributed by atoms with E-state index in [1.165, 1.54) is 9.89 Å². The Kier molecular flexibility index (Phi) is 5.60. The Labute approximate surface area is 155 Å². The molecule has 1 aliphatic heterocycles. The number of ether oxygens (including phenoxy) is 2. The standard InChI is InChI=1S/C18H19ClN2O3S/c1-23-16-7-3-6-14(18(16)24-2)15-10-12(9-13-5-4-8-25-13)20-21(15)17(22)11-19/h3-8,15H,9-11H2,1-2H3/t15-/m1/s1. The van der Waals surface area contributed by atoms with Crippen molar-refractivity contribution in [3.05, 3.63) is 46.2 Å². The zero-order chi connectivity index (χ0) is 17.8. The van der Waals surface area contributed by atoms with Gasteiger partial charge in [0.05, 0.1) is 20.3 Å². The van der Waals surface area contributed by atoms with Gasteiger partial charge in [-0.15, -0.1) is 22.9 Å². The number of halogens is 1. The van der Waals surface area contributed by atoms with Gasteiger partial charge in [-0.05, 0) is 17.5 Å². The van der Waals surface area contributed by atoms with Crippen LogP contribution in [0.2, 0.25) is 0 Å². The lowest BCUT2D eigenvalue weighted by Crippen LogP contribution is -2.28. The third-order valence-corrected chi connectivity index (χ3v) is 5.20. The van der Waals surface area contributed by atoms with E-state index < -0.39 is 0 Å². The van der Waals surface area contributed by atoms with Gasteiger partial charge in [-0.1, -0.05) is 18.2 Å². The molecule has 3 rings (SSSR count). The van der Waals surface area contributed by atoms with Crippen LogP contribution in [0.1, 0.15) is 22.9 Å². The number of rotatable bonds is 6. The number of amides is 1. The van der Waals surface area contributed by atoms with Gasteiger partial charge in [-0.2, -0.15) is 5.10 Å². The minimum absolute atomic E-state index is 0.113. The van der Waals surface area contributed by atoms with Crippen LogP contribution in [0, 0.1) is 0 Å². The Morgan fingerprint density at radius 2 is 2.16 bits per heavy atom. The van der Waals surface area contributed by atoms with Gasteiger partial charge in [-0.25, -0.2) is 5.01 Å². The molecule has 25 heavy (non-hydrogen) atoms. The van der Waals surface area contributed by atoms with Crippen molar-refractivity contribution in [2.75, 3.05) is 20.1 Å². The minimum atomic E-state index is -0.244. The van der Waals surface area contributed by atoms with Crippen LogP contribution in [0.15, 0.2) is 40.8 Å². The molecule has 1 aliphatic rings. The fourth-order valence-corrected chi connectivity index (χ4v) is 3.86. The molecule has 5 nitrogen and oxygen atoms in total. The maximum absolute atomic E-state index is 12.3. The molecule has 0 bridgehead atoms. The van der Waals surface area contributed by atoms with Gasteiger partial charge in [0.2, 0.25) is 0 Å². The number of para-hydroxylation sites is 1. The van der Waals surface area contributed by atoms with Crippen LogP contribution in [0.3, 0.4) is 0 Å². The highest BCUT2D eigenvalue weighted by Gasteiger charge is 2.34. The second-order valence-corrected chi connectivity index (χ2v) is 6.90. The van der Waals surface area contributed by atoms with Crippen molar-refractivity contribution in [2.24, 2.45) is 5.10 Å². The average Bonchev–Trinajstić information content (AvgIpc) is 3.30. The van der Waals surface area contributed by atoms with E-state index in [9.17, 15) is 4.79 Å². The van der Waals surface area contributed by atoms with Gasteiger partial charge >= 0.3 is 0 Å². The maximum atomic E-state index is 12.3. The first-order valence-electron chi connectivity index (χ1n) is 7.85. The number of methoxy groups -OCH3 is 2. The fraction of sp³-hybridized carbons (Fsp3) is 0.333. The van der Waals surface area contributed by atoms with Crippen molar-refractivity contribution in [3.63, 3.8) is 0 Å². The van der Waals surface area contributed by atoms with Gasteiger partial charge in [0.15, 0.2) is 11.5 Å². The number of hydrogen-bond donors (Lipinski definition) is 0. The summed E-state index contributed by atoms with van der Waals surface area (Å²) in [5.74, 6) is 0.913. The molecule has 0 fully saturated rings. The zero-order valence-corrected chi connectivity index (χ0v) is 15.6. The van der Waals surface area contributed by atoms with E-state index in [1.807, 2.05) is 29.6 Å². The first kappa shape index (κ1) is 17.8. The first-order chi connectivity index (χ1) is 12.2. The SMILES string of the molecule is COc1cccc([C@H]2CC(Cc3cccs3)=NN2C(=O)CCl)c1OC. The molecule has 0 radical (unpaired) electrons. The summed E-state index contributed by atoms with van der Waals surface area (Å²) in [6.45, 7) is 0. The van der Waals surface area contributed by atoms with E-state index >= 15 is 0 Å². The molecule has 7 heteroatoms. The summed E-state index contributed by atoms with van der Waals surface area (Å²) in [5.41, 5.74) is 1.82. The lowest BCUT2D eigenvalue weighted by Gasteiger charge is -2.23. The zero-order valence-electron chi connectivity index (χ0n) is 14.1. The van der Waals surface area contributed by atoms with Crippen molar-refractivity contribution in [2.45, 2.75) is 18.9 Å².